The molecule has 1 aromatic carbocycles. The zero-order valence-corrected chi connectivity index (χ0v) is 10.6. The SMILES string of the molecule is COc1c(Cl)c(C=O)c(Cl)c(C)c1C(=O)ON. The van der Waals surface area contributed by atoms with E-state index in [2.05, 4.69) is 4.84 Å². The first-order chi connectivity index (χ1) is 7.99. The van der Waals surface area contributed by atoms with E-state index in [4.69, 9.17) is 33.8 Å². The predicted molar refractivity (Wildman–Crippen MR) is 62.7 cm³/mol. The molecule has 0 aromatic heterocycles. The summed E-state index contributed by atoms with van der Waals surface area (Å²) in [7, 11) is 1.30. The maximum atomic E-state index is 11.5. The predicted octanol–water partition coefficient (Wildman–Crippen LogP) is 2.15. The summed E-state index contributed by atoms with van der Waals surface area (Å²) in [6.07, 6.45) is 0.484. The second-order valence-electron chi connectivity index (χ2n) is 3.10. The summed E-state index contributed by atoms with van der Waals surface area (Å²) in [4.78, 5) is 26.5. The number of carbonyl (C=O) groups excluding carboxylic acids is 2. The van der Waals surface area contributed by atoms with Crippen LogP contribution in [0.4, 0.5) is 0 Å². The van der Waals surface area contributed by atoms with Crippen LogP contribution >= 0.6 is 23.2 Å². The smallest absolute Gasteiger partial charge is 0.360 e. The molecule has 0 aliphatic rings. The van der Waals surface area contributed by atoms with Gasteiger partial charge in [0.15, 0.2) is 12.0 Å². The Morgan fingerprint density at radius 3 is 2.35 bits per heavy atom. The molecule has 0 unspecified atom stereocenters. The lowest BCUT2D eigenvalue weighted by Gasteiger charge is -2.14. The van der Waals surface area contributed by atoms with Crippen LogP contribution in [-0.2, 0) is 4.84 Å². The van der Waals surface area contributed by atoms with Crippen molar-refractivity contribution in [1.29, 1.82) is 0 Å². The number of benzene rings is 1. The van der Waals surface area contributed by atoms with Crippen LogP contribution in [0.1, 0.15) is 26.3 Å². The Kier molecular flexibility index (Phi) is 4.34. The summed E-state index contributed by atoms with van der Waals surface area (Å²) < 4.78 is 4.97. The van der Waals surface area contributed by atoms with Gasteiger partial charge < -0.3 is 9.57 Å². The van der Waals surface area contributed by atoms with Crippen molar-refractivity contribution >= 4 is 35.5 Å². The van der Waals surface area contributed by atoms with Crippen LogP contribution in [0.2, 0.25) is 10.0 Å². The number of hydrogen-bond acceptors (Lipinski definition) is 5. The number of carbonyl (C=O) groups is 2. The second kappa shape index (κ2) is 5.35. The van der Waals surface area contributed by atoms with Gasteiger partial charge in [-0.05, 0) is 12.5 Å². The Hall–Kier alpha value is -1.30. The molecule has 0 amide bonds. The van der Waals surface area contributed by atoms with Gasteiger partial charge >= 0.3 is 5.97 Å². The van der Waals surface area contributed by atoms with Crippen molar-refractivity contribution in [2.75, 3.05) is 7.11 Å². The molecule has 1 rings (SSSR count). The Balaban J connectivity index is 3.71. The maximum Gasteiger partial charge on any atom is 0.360 e. The van der Waals surface area contributed by atoms with Gasteiger partial charge in [0.2, 0.25) is 0 Å². The second-order valence-corrected chi connectivity index (χ2v) is 3.85. The van der Waals surface area contributed by atoms with Gasteiger partial charge in [0.25, 0.3) is 0 Å². The van der Waals surface area contributed by atoms with Crippen molar-refractivity contribution in [3.8, 4) is 5.75 Å². The zero-order valence-electron chi connectivity index (χ0n) is 9.04. The van der Waals surface area contributed by atoms with Gasteiger partial charge in [0.05, 0.1) is 22.7 Å². The summed E-state index contributed by atoms with van der Waals surface area (Å²) in [5, 5.41) is 0.00435. The minimum Gasteiger partial charge on any atom is -0.494 e. The molecular weight excluding hydrogens is 269 g/mol. The molecule has 0 radical (unpaired) electrons. The first-order valence-corrected chi connectivity index (χ1v) is 5.16. The van der Waals surface area contributed by atoms with Crippen LogP contribution in [0, 0.1) is 6.92 Å². The summed E-state index contributed by atoms with van der Waals surface area (Å²) >= 11 is 11.8. The third-order valence-corrected chi connectivity index (χ3v) is 3.10. The average Bonchev–Trinajstić information content (AvgIpc) is 2.33. The molecule has 0 bridgehead atoms. The fraction of sp³-hybridized carbons (Fsp3) is 0.200. The zero-order chi connectivity index (χ0) is 13.2. The van der Waals surface area contributed by atoms with Gasteiger partial charge in [0.1, 0.15) is 5.56 Å². The van der Waals surface area contributed by atoms with Gasteiger partial charge in [-0.3, -0.25) is 4.79 Å². The Labute approximate surface area is 107 Å². The third-order valence-electron chi connectivity index (χ3n) is 2.24. The van der Waals surface area contributed by atoms with Crippen molar-refractivity contribution in [2.45, 2.75) is 6.92 Å². The van der Waals surface area contributed by atoms with Gasteiger partial charge in [0, 0.05) is 0 Å². The number of nitrogens with two attached hydrogens (primary N) is 1. The number of aldehydes is 1. The quantitative estimate of drug-likeness (QED) is 0.677. The van der Waals surface area contributed by atoms with E-state index in [-0.39, 0.29) is 26.9 Å². The summed E-state index contributed by atoms with van der Waals surface area (Å²) in [5.41, 5.74) is 0.359. The first kappa shape index (κ1) is 13.8. The highest BCUT2D eigenvalue weighted by Crippen LogP contribution is 2.39. The van der Waals surface area contributed by atoms with Crippen molar-refractivity contribution < 1.29 is 19.2 Å². The number of hydrogen-bond donors (Lipinski definition) is 1. The van der Waals surface area contributed by atoms with E-state index < -0.39 is 5.97 Å². The molecule has 2 N–H and O–H groups in total. The molecule has 7 heteroatoms. The highest BCUT2D eigenvalue weighted by molar-refractivity contribution is 6.40. The minimum absolute atomic E-state index is 0.00407. The van der Waals surface area contributed by atoms with Gasteiger partial charge in [-0.15, -0.1) is 0 Å². The highest BCUT2D eigenvalue weighted by atomic mass is 35.5. The van der Waals surface area contributed by atoms with Crippen LogP contribution in [0.3, 0.4) is 0 Å². The normalized spacial score (nSPS) is 9.94. The topological polar surface area (TPSA) is 78.6 Å². The highest BCUT2D eigenvalue weighted by Gasteiger charge is 2.25. The van der Waals surface area contributed by atoms with Gasteiger partial charge in [-0.25, -0.2) is 4.79 Å². The average molecular weight is 278 g/mol. The molecule has 0 fully saturated rings. The maximum absolute atomic E-state index is 11.5. The fourth-order valence-corrected chi connectivity index (χ4v) is 2.00. The van der Waals surface area contributed by atoms with E-state index in [1.165, 1.54) is 14.0 Å². The molecule has 17 heavy (non-hydrogen) atoms. The molecule has 0 heterocycles. The lowest BCUT2D eigenvalue weighted by atomic mass is 10.0. The number of rotatable bonds is 3. The standard InChI is InChI=1S/C10H9Cl2NO4/c1-4-6(10(15)17-13)9(16-2)8(12)5(3-14)7(4)11/h3H,13H2,1-2H3. The molecular formula is C10H9Cl2NO4. The lowest BCUT2D eigenvalue weighted by Crippen LogP contribution is -2.14. The first-order valence-electron chi connectivity index (χ1n) is 4.41. The molecule has 0 aliphatic carbocycles. The molecule has 1 aromatic rings. The number of methoxy groups -OCH3 is 1. The van der Waals surface area contributed by atoms with E-state index in [9.17, 15) is 9.59 Å². The third kappa shape index (κ3) is 2.22. The van der Waals surface area contributed by atoms with E-state index in [1.807, 2.05) is 0 Å². The van der Waals surface area contributed by atoms with Gasteiger partial charge in [-0.1, -0.05) is 23.2 Å². The van der Waals surface area contributed by atoms with Crippen LogP contribution in [0.15, 0.2) is 0 Å². The summed E-state index contributed by atoms with van der Waals surface area (Å²) in [6.45, 7) is 1.53. The van der Waals surface area contributed by atoms with Crippen molar-refractivity contribution in [3.63, 3.8) is 0 Å². The molecule has 0 saturated carbocycles. The van der Waals surface area contributed by atoms with Crippen LogP contribution in [0.25, 0.3) is 0 Å². The Morgan fingerprint density at radius 1 is 1.35 bits per heavy atom. The van der Waals surface area contributed by atoms with Gasteiger partial charge in [-0.2, -0.15) is 5.90 Å². The van der Waals surface area contributed by atoms with E-state index >= 15 is 0 Å². The monoisotopic (exact) mass is 277 g/mol. The minimum atomic E-state index is -0.847. The fourth-order valence-electron chi connectivity index (χ4n) is 1.41. The number of halogens is 2. The summed E-state index contributed by atoms with van der Waals surface area (Å²) in [5.74, 6) is 3.97. The van der Waals surface area contributed by atoms with Crippen molar-refractivity contribution in [2.24, 2.45) is 5.90 Å². The Morgan fingerprint density at radius 2 is 1.94 bits per heavy atom. The van der Waals surface area contributed by atoms with Crippen molar-refractivity contribution in [3.05, 3.63) is 26.7 Å². The molecule has 5 nitrogen and oxygen atoms in total. The molecule has 0 aliphatic heterocycles. The molecule has 0 atom stereocenters. The summed E-state index contributed by atoms with van der Waals surface area (Å²) in [6, 6.07) is 0. The Bertz CT molecular complexity index is 488. The van der Waals surface area contributed by atoms with Crippen LogP contribution in [0.5, 0.6) is 5.75 Å². The van der Waals surface area contributed by atoms with E-state index in [0.29, 0.717) is 11.8 Å². The molecule has 0 spiro atoms. The molecule has 0 saturated heterocycles. The van der Waals surface area contributed by atoms with E-state index in [0.717, 1.165) is 0 Å². The lowest BCUT2D eigenvalue weighted by molar-refractivity contribution is 0.0498. The van der Waals surface area contributed by atoms with Crippen LogP contribution < -0.4 is 10.6 Å². The van der Waals surface area contributed by atoms with Crippen LogP contribution in [-0.4, -0.2) is 19.4 Å². The van der Waals surface area contributed by atoms with E-state index in [1.54, 1.807) is 0 Å². The largest absolute Gasteiger partial charge is 0.494 e. The van der Waals surface area contributed by atoms with Crippen molar-refractivity contribution in [1.82, 2.24) is 0 Å². The molecule has 92 valence electrons. The number of ether oxygens (including phenoxy) is 1.